The summed E-state index contributed by atoms with van der Waals surface area (Å²) in [7, 11) is 3.35. The highest BCUT2D eigenvalue weighted by Gasteiger charge is 2.37. The second-order valence-electron chi connectivity index (χ2n) is 6.32. The molecule has 7 heteroatoms. The van der Waals surface area contributed by atoms with Gasteiger partial charge in [-0.25, -0.2) is 0 Å². The van der Waals surface area contributed by atoms with Gasteiger partial charge in [0, 0.05) is 46.0 Å². The van der Waals surface area contributed by atoms with E-state index >= 15 is 0 Å². The quantitative estimate of drug-likeness (QED) is 0.765. The van der Waals surface area contributed by atoms with Gasteiger partial charge < -0.3 is 14.0 Å². The summed E-state index contributed by atoms with van der Waals surface area (Å²) >= 11 is 0. The molecule has 2 aromatic rings. The molecule has 1 aliphatic rings. The summed E-state index contributed by atoms with van der Waals surface area (Å²) in [5.41, 5.74) is 2.25. The van der Waals surface area contributed by atoms with Crippen molar-refractivity contribution in [1.82, 2.24) is 20.0 Å². The maximum atomic E-state index is 5.45. The van der Waals surface area contributed by atoms with Crippen LogP contribution >= 0.6 is 0 Å². The molecule has 0 radical (unpaired) electrons. The fourth-order valence-electron chi connectivity index (χ4n) is 3.18. The van der Waals surface area contributed by atoms with Crippen LogP contribution in [0, 0.1) is 12.8 Å². The summed E-state index contributed by atoms with van der Waals surface area (Å²) in [6, 6.07) is 4.18. The Bertz CT molecular complexity index is 644. The number of hydrogen-bond donors (Lipinski definition) is 0. The van der Waals surface area contributed by atoms with Gasteiger partial charge in [0.2, 0.25) is 5.89 Å². The minimum Gasteiger partial charge on any atom is -0.384 e. The SMILES string of the molecule is COCc1noc([C@@H]2CN(Cc3ccc(C)cn3)C[C@H]2COC)n1. The van der Waals surface area contributed by atoms with Crippen LogP contribution in [-0.4, -0.2) is 53.9 Å². The Balaban J connectivity index is 1.69. The lowest BCUT2D eigenvalue weighted by Gasteiger charge is -2.15. The van der Waals surface area contributed by atoms with Gasteiger partial charge in [0.25, 0.3) is 0 Å². The maximum absolute atomic E-state index is 5.45. The first kappa shape index (κ1) is 17.0. The Morgan fingerprint density at radius 1 is 1.25 bits per heavy atom. The molecule has 1 saturated heterocycles. The monoisotopic (exact) mass is 332 g/mol. The number of ether oxygens (including phenoxy) is 2. The van der Waals surface area contributed by atoms with Gasteiger partial charge in [-0.15, -0.1) is 0 Å². The van der Waals surface area contributed by atoms with Gasteiger partial charge in [0.05, 0.1) is 18.2 Å². The van der Waals surface area contributed by atoms with E-state index in [0.29, 0.717) is 30.8 Å². The highest BCUT2D eigenvalue weighted by atomic mass is 16.5. The zero-order valence-corrected chi connectivity index (χ0v) is 14.4. The van der Waals surface area contributed by atoms with Crippen LogP contribution in [-0.2, 0) is 22.6 Å². The predicted octanol–water partition coefficient (Wildman–Crippen LogP) is 1.78. The largest absolute Gasteiger partial charge is 0.384 e. The first-order valence-corrected chi connectivity index (χ1v) is 8.14. The van der Waals surface area contributed by atoms with E-state index in [1.165, 1.54) is 5.56 Å². The smallest absolute Gasteiger partial charge is 0.231 e. The molecule has 0 aromatic carbocycles. The number of nitrogens with zero attached hydrogens (tertiary/aromatic N) is 4. The zero-order chi connectivity index (χ0) is 16.9. The molecule has 0 saturated carbocycles. The Morgan fingerprint density at radius 2 is 2.12 bits per heavy atom. The molecule has 0 bridgehead atoms. The van der Waals surface area contributed by atoms with Crippen molar-refractivity contribution in [2.24, 2.45) is 5.92 Å². The molecule has 0 spiro atoms. The predicted molar refractivity (Wildman–Crippen MR) is 87.4 cm³/mol. The topological polar surface area (TPSA) is 73.5 Å². The average molecular weight is 332 g/mol. The van der Waals surface area contributed by atoms with Crippen LogP contribution in [0.1, 0.15) is 28.9 Å². The van der Waals surface area contributed by atoms with Crippen molar-refractivity contribution < 1.29 is 14.0 Å². The molecule has 0 amide bonds. The lowest BCUT2D eigenvalue weighted by Crippen LogP contribution is -2.21. The van der Waals surface area contributed by atoms with Crippen LogP contribution in [0.5, 0.6) is 0 Å². The van der Waals surface area contributed by atoms with Crippen LogP contribution in [0.4, 0.5) is 0 Å². The average Bonchev–Trinajstić information content (AvgIpc) is 3.17. The van der Waals surface area contributed by atoms with Crippen molar-refractivity contribution in [3.8, 4) is 0 Å². The van der Waals surface area contributed by atoms with Crippen LogP contribution in [0.15, 0.2) is 22.9 Å². The van der Waals surface area contributed by atoms with E-state index in [1.54, 1.807) is 14.2 Å². The summed E-state index contributed by atoms with van der Waals surface area (Å²) in [5, 5.41) is 3.98. The molecule has 3 rings (SSSR count). The minimum absolute atomic E-state index is 0.175. The third kappa shape index (κ3) is 3.98. The minimum atomic E-state index is 0.175. The molecule has 0 N–H and O–H groups in total. The fraction of sp³-hybridized carbons (Fsp3) is 0.588. The molecule has 2 aromatic heterocycles. The second kappa shape index (κ2) is 7.83. The number of methoxy groups -OCH3 is 2. The normalized spacial score (nSPS) is 21.5. The lowest BCUT2D eigenvalue weighted by atomic mass is 9.97. The maximum Gasteiger partial charge on any atom is 0.231 e. The van der Waals surface area contributed by atoms with E-state index in [2.05, 4.69) is 32.2 Å². The van der Waals surface area contributed by atoms with E-state index in [-0.39, 0.29) is 5.92 Å². The van der Waals surface area contributed by atoms with Crippen molar-refractivity contribution in [3.05, 3.63) is 41.3 Å². The number of likely N-dealkylation sites (tertiary alicyclic amines) is 1. The van der Waals surface area contributed by atoms with E-state index in [1.807, 2.05) is 13.1 Å². The van der Waals surface area contributed by atoms with Gasteiger partial charge in [-0.05, 0) is 18.6 Å². The van der Waals surface area contributed by atoms with E-state index in [0.717, 1.165) is 25.3 Å². The molecule has 0 aliphatic carbocycles. The molecule has 1 fully saturated rings. The molecule has 24 heavy (non-hydrogen) atoms. The highest BCUT2D eigenvalue weighted by Crippen LogP contribution is 2.32. The van der Waals surface area contributed by atoms with Crippen molar-refractivity contribution in [2.75, 3.05) is 33.9 Å². The molecule has 1 aliphatic heterocycles. The fourth-order valence-corrected chi connectivity index (χ4v) is 3.18. The summed E-state index contributed by atoms with van der Waals surface area (Å²) in [4.78, 5) is 11.3. The first-order chi connectivity index (χ1) is 11.7. The number of hydrogen-bond acceptors (Lipinski definition) is 7. The Hall–Kier alpha value is -1.83. The third-order valence-electron chi connectivity index (χ3n) is 4.33. The number of rotatable bonds is 7. The summed E-state index contributed by atoms with van der Waals surface area (Å²) in [6.07, 6.45) is 1.91. The third-order valence-corrected chi connectivity index (χ3v) is 4.33. The van der Waals surface area contributed by atoms with E-state index < -0.39 is 0 Å². The standard InChI is InChI=1S/C17H24N4O3/c1-12-4-5-14(18-6-12)8-21-7-13(10-22-2)15(9-21)17-19-16(11-23-3)20-24-17/h4-6,13,15H,7-11H2,1-3H3/t13-,15+/m0/s1. The van der Waals surface area contributed by atoms with Gasteiger partial charge in [-0.3, -0.25) is 9.88 Å². The van der Waals surface area contributed by atoms with Crippen molar-refractivity contribution in [3.63, 3.8) is 0 Å². The van der Waals surface area contributed by atoms with E-state index in [4.69, 9.17) is 14.0 Å². The molecular formula is C17H24N4O3. The molecular weight excluding hydrogens is 308 g/mol. The molecule has 3 heterocycles. The van der Waals surface area contributed by atoms with E-state index in [9.17, 15) is 0 Å². The molecule has 0 unspecified atom stereocenters. The Kier molecular flexibility index (Phi) is 5.55. The lowest BCUT2D eigenvalue weighted by molar-refractivity contribution is 0.142. The van der Waals surface area contributed by atoms with Crippen LogP contribution in [0.3, 0.4) is 0 Å². The Labute approximate surface area is 142 Å². The summed E-state index contributed by atoms with van der Waals surface area (Å²) in [5.74, 6) is 1.76. The van der Waals surface area contributed by atoms with Crippen molar-refractivity contribution in [1.29, 1.82) is 0 Å². The van der Waals surface area contributed by atoms with Crippen LogP contribution in [0.2, 0.25) is 0 Å². The van der Waals surface area contributed by atoms with Crippen molar-refractivity contribution in [2.45, 2.75) is 26.0 Å². The molecule has 130 valence electrons. The van der Waals surface area contributed by atoms with Gasteiger partial charge in [-0.1, -0.05) is 11.2 Å². The number of pyridine rings is 1. The number of aryl methyl sites for hydroxylation is 1. The van der Waals surface area contributed by atoms with Gasteiger partial charge in [-0.2, -0.15) is 4.98 Å². The molecule has 7 nitrogen and oxygen atoms in total. The highest BCUT2D eigenvalue weighted by molar-refractivity contribution is 5.13. The molecule has 2 atom stereocenters. The van der Waals surface area contributed by atoms with Gasteiger partial charge in [0.15, 0.2) is 5.82 Å². The van der Waals surface area contributed by atoms with Crippen LogP contribution < -0.4 is 0 Å². The zero-order valence-electron chi connectivity index (χ0n) is 14.4. The van der Waals surface area contributed by atoms with Gasteiger partial charge >= 0.3 is 0 Å². The Morgan fingerprint density at radius 3 is 2.83 bits per heavy atom. The van der Waals surface area contributed by atoms with Gasteiger partial charge in [0.1, 0.15) is 6.61 Å². The van der Waals surface area contributed by atoms with Crippen molar-refractivity contribution >= 4 is 0 Å². The summed E-state index contributed by atoms with van der Waals surface area (Å²) < 4.78 is 15.9. The second-order valence-corrected chi connectivity index (χ2v) is 6.32. The first-order valence-electron chi connectivity index (χ1n) is 8.14. The summed E-state index contributed by atoms with van der Waals surface area (Å²) in [6.45, 7) is 5.68. The number of aromatic nitrogens is 3. The van der Waals surface area contributed by atoms with Crippen LogP contribution in [0.25, 0.3) is 0 Å².